The van der Waals surface area contributed by atoms with Crippen molar-refractivity contribution in [3.8, 4) is 5.75 Å². The lowest BCUT2D eigenvalue weighted by atomic mass is 9.74. The molecule has 2 aliphatic rings. The number of halogens is 6. The second-order valence-electron chi connectivity index (χ2n) is 10.9. The minimum atomic E-state index is -4.98. The SMILES string of the molecule is CCCCOc1c2n(c(CC3(c4cc(C(F)(F)F)cc(C(F)(F)F)c4)CCCC3)nc1=O)CCN(C(C)C)C2=O. The number of nitrogens with zero attached hydrogens (tertiary/aromatic N) is 3. The Morgan fingerprint density at radius 2 is 1.57 bits per heavy atom. The molecular weight excluding hydrogens is 540 g/mol. The predicted molar refractivity (Wildman–Crippen MR) is 135 cm³/mol. The maximum absolute atomic E-state index is 13.7. The number of ether oxygens (including phenoxy) is 1. The van der Waals surface area contributed by atoms with E-state index < -0.39 is 40.4 Å². The van der Waals surface area contributed by atoms with Crippen LogP contribution >= 0.6 is 0 Å². The Bertz CT molecular complexity index is 1280. The molecule has 2 aromatic rings. The van der Waals surface area contributed by atoms with E-state index in [2.05, 4.69) is 4.98 Å². The molecule has 0 radical (unpaired) electrons. The number of benzene rings is 1. The van der Waals surface area contributed by atoms with Gasteiger partial charge in [0.2, 0.25) is 5.75 Å². The molecule has 1 saturated carbocycles. The topological polar surface area (TPSA) is 64.4 Å². The van der Waals surface area contributed by atoms with Crippen LogP contribution in [0.2, 0.25) is 0 Å². The standard InChI is InChI=1S/C28H33F6N3O3/c1-4-5-12-40-23-22-25(39)36(17(2)3)10-11-37(22)21(35-24(23)38)16-26(8-6-7-9-26)18-13-19(27(29,30)31)15-20(14-18)28(32,33)34/h13-15,17H,4-12,16H2,1-3H3. The van der Waals surface area contributed by atoms with Crippen LogP contribution in [-0.2, 0) is 30.7 Å². The molecule has 0 saturated heterocycles. The summed E-state index contributed by atoms with van der Waals surface area (Å²) in [5.74, 6) is -0.439. The number of unbranched alkanes of at least 4 members (excludes halogenated alkanes) is 1. The van der Waals surface area contributed by atoms with Gasteiger partial charge in [0.1, 0.15) is 5.82 Å². The second-order valence-corrected chi connectivity index (χ2v) is 10.9. The number of carbonyl (C=O) groups is 1. The van der Waals surface area contributed by atoms with Crippen LogP contribution in [0, 0.1) is 0 Å². The van der Waals surface area contributed by atoms with Gasteiger partial charge in [-0.15, -0.1) is 0 Å². The van der Waals surface area contributed by atoms with E-state index in [0.29, 0.717) is 38.6 Å². The van der Waals surface area contributed by atoms with Crippen molar-refractivity contribution in [1.29, 1.82) is 0 Å². The van der Waals surface area contributed by atoms with Gasteiger partial charge in [-0.05, 0) is 56.9 Å². The third-order valence-electron chi connectivity index (χ3n) is 7.87. The first-order valence-electron chi connectivity index (χ1n) is 13.6. The molecule has 4 rings (SSSR count). The Balaban J connectivity index is 1.87. The van der Waals surface area contributed by atoms with Crippen LogP contribution in [0.5, 0.6) is 5.75 Å². The first-order chi connectivity index (χ1) is 18.7. The van der Waals surface area contributed by atoms with Crippen molar-refractivity contribution < 1.29 is 35.9 Å². The van der Waals surface area contributed by atoms with E-state index in [9.17, 15) is 35.9 Å². The van der Waals surface area contributed by atoms with Crippen LogP contribution in [0.4, 0.5) is 26.3 Å². The van der Waals surface area contributed by atoms with Crippen molar-refractivity contribution in [2.45, 2.75) is 96.1 Å². The number of amides is 1. The minimum absolute atomic E-state index is 0.0271. The average molecular weight is 574 g/mol. The fourth-order valence-electron chi connectivity index (χ4n) is 5.74. The zero-order valence-electron chi connectivity index (χ0n) is 22.7. The first-order valence-corrected chi connectivity index (χ1v) is 13.6. The van der Waals surface area contributed by atoms with Crippen molar-refractivity contribution in [2.24, 2.45) is 0 Å². The first kappa shape index (κ1) is 29.9. The molecule has 6 nitrogen and oxygen atoms in total. The molecule has 0 bridgehead atoms. The zero-order chi connectivity index (χ0) is 29.5. The van der Waals surface area contributed by atoms with Crippen LogP contribution in [0.25, 0.3) is 0 Å². The summed E-state index contributed by atoms with van der Waals surface area (Å²) in [7, 11) is 0. The van der Waals surface area contributed by atoms with E-state index in [-0.39, 0.29) is 54.5 Å². The highest BCUT2D eigenvalue weighted by molar-refractivity contribution is 5.96. The van der Waals surface area contributed by atoms with E-state index in [1.807, 2.05) is 20.8 Å². The Labute approximate surface area is 228 Å². The molecular formula is C28H33F6N3O3. The molecule has 1 aromatic carbocycles. The van der Waals surface area contributed by atoms with Crippen LogP contribution in [0.15, 0.2) is 23.0 Å². The zero-order valence-corrected chi connectivity index (χ0v) is 22.7. The highest BCUT2D eigenvalue weighted by Gasteiger charge is 2.43. The molecule has 0 N–H and O–H groups in total. The minimum Gasteiger partial charge on any atom is -0.486 e. The summed E-state index contributed by atoms with van der Waals surface area (Å²) in [6.45, 7) is 6.39. The van der Waals surface area contributed by atoms with E-state index in [0.717, 1.165) is 18.6 Å². The Morgan fingerprint density at radius 1 is 0.975 bits per heavy atom. The van der Waals surface area contributed by atoms with Crippen molar-refractivity contribution >= 4 is 5.91 Å². The van der Waals surface area contributed by atoms with Gasteiger partial charge in [0, 0.05) is 31.0 Å². The lowest BCUT2D eigenvalue weighted by molar-refractivity contribution is -0.143. The van der Waals surface area contributed by atoms with Gasteiger partial charge in [0.05, 0.1) is 17.7 Å². The molecule has 0 spiro atoms. The van der Waals surface area contributed by atoms with Crippen molar-refractivity contribution in [3.63, 3.8) is 0 Å². The molecule has 1 aromatic heterocycles. The molecule has 1 fully saturated rings. The number of aromatic nitrogens is 2. The normalized spacial score (nSPS) is 17.4. The quantitative estimate of drug-likeness (QED) is 0.272. The van der Waals surface area contributed by atoms with E-state index >= 15 is 0 Å². The molecule has 40 heavy (non-hydrogen) atoms. The summed E-state index contributed by atoms with van der Waals surface area (Å²) >= 11 is 0. The van der Waals surface area contributed by atoms with Crippen molar-refractivity contribution in [2.75, 3.05) is 13.2 Å². The maximum Gasteiger partial charge on any atom is 0.416 e. The average Bonchev–Trinajstić information content (AvgIpc) is 3.34. The highest BCUT2D eigenvalue weighted by Crippen LogP contribution is 2.47. The smallest absolute Gasteiger partial charge is 0.416 e. The van der Waals surface area contributed by atoms with Crippen LogP contribution in [0.1, 0.15) is 92.3 Å². The summed E-state index contributed by atoms with van der Waals surface area (Å²) in [6, 6.07) is 1.52. The molecule has 0 atom stereocenters. The second kappa shape index (κ2) is 11.1. The van der Waals surface area contributed by atoms with Gasteiger partial charge in [-0.25, -0.2) is 0 Å². The number of hydrogen-bond acceptors (Lipinski definition) is 4. The van der Waals surface area contributed by atoms with Gasteiger partial charge in [0.15, 0.2) is 5.69 Å². The van der Waals surface area contributed by atoms with Gasteiger partial charge in [-0.3, -0.25) is 9.59 Å². The Hall–Kier alpha value is -3.05. The summed E-state index contributed by atoms with van der Waals surface area (Å²) < 4.78 is 89.4. The number of hydrogen-bond donors (Lipinski definition) is 0. The number of carbonyl (C=O) groups excluding carboxylic acids is 1. The van der Waals surface area contributed by atoms with E-state index in [1.165, 1.54) is 0 Å². The van der Waals surface area contributed by atoms with Crippen molar-refractivity contribution in [3.05, 3.63) is 56.8 Å². The molecule has 220 valence electrons. The maximum atomic E-state index is 13.7. The molecule has 0 unspecified atom stereocenters. The lowest BCUT2D eigenvalue weighted by Gasteiger charge is -2.36. The molecule has 12 heteroatoms. The highest BCUT2D eigenvalue weighted by atomic mass is 19.4. The van der Waals surface area contributed by atoms with Crippen LogP contribution < -0.4 is 10.3 Å². The molecule has 1 aliphatic heterocycles. The van der Waals surface area contributed by atoms with Gasteiger partial charge in [-0.2, -0.15) is 31.3 Å². The summed E-state index contributed by atoms with van der Waals surface area (Å²) in [6.07, 6.45) is -6.79. The fourth-order valence-corrected chi connectivity index (χ4v) is 5.74. The lowest BCUT2D eigenvalue weighted by Crippen LogP contribution is -2.47. The van der Waals surface area contributed by atoms with Gasteiger partial charge in [0.25, 0.3) is 5.91 Å². The number of alkyl halides is 6. The third kappa shape index (κ3) is 5.85. The van der Waals surface area contributed by atoms with E-state index in [1.54, 1.807) is 9.47 Å². The van der Waals surface area contributed by atoms with Gasteiger partial charge < -0.3 is 14.2 Å². The van der Waals surface area contributed by atoms with E-state index in [4.69, 9.17) is 4.74 Å². The largest absolute Gasteiger partial charge is 0.486 e. The van der Waals surface area contributed by atoms with Gasteiger partial charge >= 0.3 is 17.9 Å². The summed E-state index contributed by atoms with van der Waals surface area (Å²) in [4.78, 5) is 32.5. The molecule has 2 heterocycles. The summed E-state index contributed by atoms with van der Waals surface area (Å²) in [5, 5.41) is 0. The fraction of sp³-hybridized carbons (Fsp3) is 0.607. The van der Waals surface area contributed by atoms with Crippen LogP contribution in [0.3, 0.4) is 0 Å². The number of fused-ring (bicyclic) bond motifs is 1. The monoisotopic (exact) mass is 573 g/mol. The Morgan fingerprint density at radius 3 is 2.10 bits per heavy atom. The third-order valence-corrected chi connectivity index (χ3v) is 7.87. The molecule has 1 amide bonds. The Kier molecular flexibility index (Phi) is 8.29. The van der Waals surface area contributed by atoms with Gasteiger partial charge in [-0.1, -0.05) is 26.2 Å². The summed E-state index contributed by atoms with van der Waals surface area (Å²) in [5.41, 5.74) is -4.71. The van der Waals surface area contributed by atoms with Crippen molar-refractivity contribution in [1.82, 2.24) is 14.5 Å². The predicted octanol–water partition coefficient (Wildman–Crippen LogP) is 6.38. The number of rotatable bonds is 8. The molecule has 1 aliphatic carbocycles. The van der Waals surface area contributed by atoms with Crippen LogP contribution in [-0.4, -0.2) is 39.6 Å².